The van der Waals surface area contributed by atoms with E-state index in [2.05, 4.69) is 5.10 Å². The van der Waals surface area contributed by atoms with Crippen molar-refractivity contribution in [3.63, 3.8) is 0 Å². The molecule has 0 N–H and O–H groups in total. The Kier molecular flexibility index (Phi) is 1.70. The molecule has 1 atom stereocenters. The third kappa shape index (κ3) is 1.25. The average molecular weight is 162 g/mol. The predicted molar refractivity (Wildman–Crippen MR) is 45.3 cm³/mol. The van der Waals surface area contributed by atoms with Crippen LogP contribution in [0.15, 0.2) is 36.8 Å². The lowest BCUT2D eigenvalue weighted by atomic mass is 10.2. The number of aromatic nitrogens is 2. The second-order valence-electron chi connectivity index (χ2n) is 2.68. The van der Waals surface area contributed by atoms with Crippen LogP contribution in [0.2, 0.25) is 0 Å². The van der Waals surface area contributed by atoms with Crippen molar-refractivity contribution in [1.29, 1.82) is 0 Å². The van der Waals surface area contributed by atoms with Crippen LogP contribution in [0, 0.1) is 0 Å². The van der Waals surface area contributed by atoms with Gasteiger partial charge in [-0.05, 0) is 18.2 Å². The molecule has 3 heteroatoms. The van der Waals surface area contributed by atoms with Crippen molar-refractivity contribution < 1.29 is 4.74 Å². The van der Waals surface area contributed by atoms with Gasteiger partial charge in [0.05, 0.1) is 6.26 Å². The summed E-state index contributed by atoms with van der Waals surface area (Å²) < 4.78 is 7.10. The largest absolute Gasteiger partial charge is 0.488 e. The Labute approximate surface area is 71.0 Å². The molecule has 0 saturated carbocycles. The number of hydrogen-bond acceptors (Lipinski definition) is 2. The number of nitrogens with zero attached hydrogens (tertiary/aromatic N) is 2. The molecule has 0 aromatic carbocycles. The van der Waals surface area contributed by atoms with Crippen LogP contribution >= 0.6 is 0 Å². The first-order valence-corrected chi connectivity index (χ1v) is 3.84. The predicted octanol–water partition coefficient (Wildman–Crippen LogP) is 1.56. The lowest BCUT2D eigenvalue weighted by molar-refractivity contribution is 0.181. The third-order valence-corrected chi connectivity index (χ3v) is 1.73. The van der Waals surface area contributed by atoms with Crippen molar-refractivity contribution in [2.45, 2.75) is 6.10 Å². The van der Waals surface area contributed by atoms with Gasteiger partial charge in [0.2, 0.25) is 0 Å². The van der Waals surface area contributed by atoms with Gasteiger partial charge in [-0.3, -0.25) is 4.68 Å². The van der Waals surface area contributed by atoms with E-state index >= 15 is 0 Å². The van der Waals surface area contributed by atoms with E-state index in [1.54, 1.807) is 10.9 Å². The standard InChI is InChI=1S/C9H10N2O/c1-11-6-5-8(10-11)9-4-2-3-7-12-9/h2-7,9H,1H3. The third-order valence-electron chi connectivity index (χ3n) is 1.73. The topological polar surface area (TPSA) is 27.1 Å². The van der Waals surface area contributed by atoms with E-state index in [-0.39, 0.29) is 6.10 Å². The van der Waals surface area contributed by atoms with E-state index in [0.717, 1.165) is 5.69 Å². The lowest BCUT2D eigenvalue weighted by Gasteiger charge is -2.11. The summed E-state index contributed by atoms with van der Waals surface area (Å²) in [6.45, 7) is 0. The van der Waals surface area contributed by atoms with Gasteiger partial charge in [0.1, 0.15) is 5.69 Å². The van der Waals surface area contributed by atoms with Gasteiger partial charge in [-0.15, -0.1) is 0 Å². The zero-order valence-electron chi connectivity index (χ0n) is 6.84. The molecule has 0 spiro atoms. The summed E-state index contributed by atoms with van der Waals surface area (Å²) in [5.41, 5.74) is 0.943. The van der Waals surface area contributed by atoms with Gasteiger partial charge in [0, 0.05) is 13.2 Å². The Morgan fingerprint density at radius 3 is 3.00 bits per heavy atom. The number of hydrogen-bond donors (Lipinski definition) is 0. The Hall–Kier alpha value is -1.51. The molecule has 62 valence electrons. The van der Waals surface area contributed by atoms with Gasteiger partial charge < -0.3 is 4.74 Å². The molecule has 1 aromatic rings. The highest BCUT2D eigenvalue weighted by Gasteiger charge is 2.11. The molecule has 2 rings (SSSR count). The van der Waals surface area contributed by atoms with Gasteiger partial charge in [-0.25, -0.2) is 0 Å². The van der Waals surface area contributed by atoms with Crippen molar-refractivity contribution in [3.05, 3.63) is 42.4 Å². The monoisotopic (exact) mass is 162 g/mol. The molecule has 0 bridgehead atoms. The Morgan fingerprint density at radius 1 is 1.50 bits per heavy atom. The van der Waals surface area contributed by atoms with E-state index in [0.29, 0.717) is 0 Å². The van der Waals surface area contributed by atoms with Crippen LogP contribution in [0.3, 0.4) is 0 Å². The van der Waals surface area contributed by atoms with Gasteiger partial charge in [-0.2, -0.15) is 5.10 Å². The maximum atomic E-state index is 5.33. The molecule has 1 aliphatic heterocycles. The minimum atomic E-state index is -0.0174. The first-order valence-electron chi connectivity index (χ1n) is 3.84. The number of aryl methyl sites for hydroxylation is 1. The normalized spacial score (nSPS) is 20.9. The Morgan fingerprint density at radius 2 is 2.42 bits per heavy atom. The summed E-state index contributed by atoms with van der Waals surface area (Å²) in [5, 5.41) is 4.24. The first kappa shape index (κ1) is 7.16. The Balaban J connectivity index is 2.20. The van der Waals surface area contributed by atoms with E-state index in [1.165, 1.54) is 0 Å². The summed E-state index contributed by atoms with van der Waals surface area (Å²) in [5.74, 6) is 0. The minimum Gasteiger partial charge on any atom is -0.488 e. The zero-order valence-corrected chi connectivity index (χ0v) is 6.84. The summed E-state index contributed by atoms with van der Waals surface area (Å²) in [6.07, 6.45) is 9.37. The summed E-state index contributed by atoms with van der Waals surface area (Å²) >= 11 is 0. The van der Waals surface area contributed by atoms with Gasteiger partial charge in [-0.1, -0.05) is 6.08 Å². The molecule has 12 heavy (non-hydrogen) atoms. The van der Waals surface area contributed by atoms with E-state index < -0.39 is 0 Å². The second-order valence-corrected chi connectivity index (χ2v) is 2.68. The number of ether oxygens (including phenoxy) is 1. The molecular formula is C9H10N2O. The van der Waals surface area contributed by atoms with Crippen molar-refractivity contribution in [2.75, 3.05) is 0 Å². The number of allylic oxidation sites excluding steroid dienone is 2. The number of rotatable bonds is 1. The van der Waals surface area contributed by atoms with Crippen LogP contribution in [0.25, 0.3) is 0 Å². The van der Waals surface area contributed by atoms with Crippen molar-refractivity contribution in [3.8, 4) is 0 Å². The smallest absolute Gasteiger partial charge is 0.160 e. The van der Waals surface area contributed by atoms with Crippen molar-refractivity contribution >= 4 is 0 Å². The first-order chi connectivity index (χ1) is 5.86. The summed E-state index contributed by atoms with van der Waals surface area (Å²) in [4.78, 5) is 0. The Bertz CT molecular complexity index is 325. The van der Waals surface area contributed by atoms with Gasteiger partial charge in [0.25, 0.3) is 0 Å². The molecule has 2 heterocycles. The van der Waals surface area contributed by atoms with Crippen LogP contribution < -0.4 is 0 Å². The molecule has 1 unspecified atom stereocenters. The maximum Gasteiger partial charge on any atom is 0.160 e. The highest BCUT2D eigenvalue weighted by Crippen LogP contribution is 2.19. The van der Waals surface area contributed by atoms with Crippen LogP contribution in [0.5, 0.6) is 0 Å². The lowest BCUT2D eigenvalue weighted by Crippen LogP contribution is -2.01. The SMILES string of the molecule is Cn1ccc(C2C=CC=CO2)n1. The highest BCUT2D eigenvalue weighted by atomic mass is 16.5. The molecule has 0 aliphatic carbocycles. The zero-order chi connectivity index (χ0) is 8.39. The van der Waals surface area contributed by atoms with Crippen LogP contribution in [-0.4, -0.2) is 9.78 Å². The van der Waals surface area contributed by atoms with Crippen molar-refractivity contribution in [1.82, 2.24) is 9.78 Å². The van der Waals surface area contributed by atoms with Crippen LogP contribution in [-0.2, 0) is 11.8 Å². The molecule has 0 fully saturated rings. The van der Waals surface area contributed by atoms with E-state index in [1.807, 2.05) is 37.5 Å². The molecule has 0 amide bonds. The van der Waals surface area contributed by atoms with E-state index in [9.17, 15) is 0 Å². The van der Waals surface area contributed by atoms with Gasteiger partial charge in [0.15, 0.2) is 6.10 Å². The summed E-state index contributed by atoms with van der Waals surface area (Å²) in [7, 11) is 1.89. The fraction of sp³-hybridized carbons (Fsp3) is 0.222. The maximum absolute atomic E-state index is 5.33. The molecule has 0 saturated heterocycles. The van der Waals surface area contributed by atoms with Gasteiger partial charge >= 0.3 is 0 Å². The van der Waals surface area contributed by atoms with Crippen LogP contribution in [0.1, 0.15) is 11.8 Å². The summed E-state index contributed by atoms with van der Waals surface area (Å²) in [6, 6.07) is 1.95. The fourth-order valence-corrected chi connectivity index (χ4v) is 1.14. The fourth-order valence-electron chi connectivity index (χ4n) is 1.14. The molecule has 3 nitrogen and oxygen atoms in total. The molecule has 1 aromatic heterocycles. The molecule has 0 radical (unpaired) electrons. The average Bonchev–Trinajstić information content (AvgIpc) is 2.54. The quantitative estimate of drug-likeness (QED) is 0.626. The van der Waals surface area contributed by atoms with Crippen molar-refractivity contribution in [2.24, 2.45) is 7.05 Å². The van der Waals surface area contributed by atoms with Crippen LogP contribution in [0.4, 0.5) is 0 Å². The molecular weight excluding hydrogens is 152 g/mol. The second kappa shape index (κ2) is 2.85. The minimum absolute atomic E-state index is 0.0174. The molecule has 1 aliphatic rings. The van der Waals surface area contributed by atoms with E-state index in [4.69, 9.17) is 4.74 Å². The highest BCUT2D eigenvalue weighted by molar-refractivity contribution is 5.16.